The quantitative estimate of drug-likeness (QED) is 0.643. The average molecular weight is 241 g/mol. The molecule has 1 heteroatoms. The molecule has 0 aliphatic carbocycles. The van der Waals surface area contributed by atoms with Crippen LogP contribution in [-0.4, -0.2) is 4.98 Å². The fraction of sp³-hybridized carbons (Fsp3) is 0.471. The normalized spacial score (nSPS) is 13.0. The van der Waals surface area contributed by atoms with Crippen molar-refractivity contribution in [2.45, 2.75) is 52.4 Å². The molecule has 96 valence electrons. The first kappa shape index (κ1) is 13.1. The lowest BCUT2D eigenvalue weighted by atomic mass is 9.73. The standard InChI is InChI=1S/C17H23N/c1-16(2,3)14-8-7-12-9-10-18-11-13(12)15(14)17(4,5)6/h7-11H,1-6H3. The van der Waals surface area contributed by atoms with Gasteiger partial charge in [-0.15, -0.1) is 0 Å². The molecule has 0 fully saturated rings. The third-order valence-electron chi connectivity index (χ3n) is 3.38. The Kier molecular flexibility index (Phi) is 2.96. The highest BCUT2D eigenvalue weighted by Crippen LogP contribution is 2.38. The smallest absolute Gasteiger partial charge is 0.0349 e. The van der Waals surface area contributed by atoms with E-state index in [0.717, 1.165) is 0 Å². The Morgan fingerprint density at radius 1 is 0.833 bits per heavy atom. The molecule has 0 amide bonds. The van der Waals surface area contributed by atoms with Crippen molar-refractivity contribution in [2.24, 2.45) is 0 Å². The minimum atomic E-state index is 0.130. The van der Waals surface area contributed by atoms with Gasteiger partial charge in [-0.2, -0.15) is 0 Å². The summed E-state index contributed by atoms with van der Waals surface area (Å²) in [7, 11) is 0. The van der Waals surface area contributed by atoms with Gasteiger partial charge in [-0.25, -0.2) is 0 Å². The number of benzene rings is 1. The summed E-state index contributed by atoms with van der Waals surface area (Å²) >= 11 is 0. The summed E-state index contributed by atoms with van der Waals surface area (Å²) in [4.78, 5) is 4.31. The SMILES string of the molecule is CC(C)(C)c1ccc2ccncc2c1C(C)(C)C. The summed E-state index contributed by atoms with van der Waals surface area (Å²) in [5, 5.41) is 2.57. The second kappa shape index (κ2) is 4.08. The van der Waals surface area contributed by atoms with Crippen LogP contribution in [0.4, 0.5) is 0 Å². The van der Waals surface area contributed by atoms with Crippen LogP contribution in [-0.2, 0) is 10.8 Å². The van der Waals surface area contributed by atoms with Crippen LogP contribution in [0.1, 0.15) is 52.7 Å². The van der Waals surface area contributed by atoms with Gasteiger partial charge >= 0.3 is 0 Å². The maximum absolute atomic E-state index is 4.31. The molecule has 0 bridgehead atoms. The molecule has 0 aliphatic heterocycles. The Labute approximate surface area is 110 Å². The van der Waals surface area contributed by atoms with Gasteiger partial charge in [0, 0.05) is 17.8 Å². The molecule has 0 saturated heterocycles. The first-order valence-electron chi connectivity index (χ1n) is 6.59. The number of nitrogens with zero attached hydrogens (tertiary/aromatic N) is 1. The monoisotopic (exact) mass is 241 g/mol. The molecule has 1 aromatic carbocycles. The van der Waals surface area contributed by atoms with Crippen LogP contribution in [0.5, 0.6) is 0 Å². The molecule has 1 aromatic heterocycles. The molecule has 0 unspecified atom stereocenters. The van der Waals surface area contributed by atoms with Gasteiger partial charge in [-0.05, 0) is 33.4 Å². The van der Waals surface area contributed by atoms with E-state index in [1.54, 1.807) is 0 Å². The van der Waals surface area contributed by atoms with Gasteiger partial charge < -0.3 is 0 Å². The molecule has 1 heterocycles. The highest BCUT2D eigenvalue weighted by atomic mass is 14.6. The van der Waals surface area contributed by atoms with E-state index in [0.29, 0.717) is 0 Å². The first-order valence-corrected chi connectivity index (χ1v) is 6.59. The number of hydrogen-bond acceptors (Lipinski definition) is 1. The van der Waals surface area contributed by atoms with Crippen LogP contribution < -0.4 is 0 Å². The number of rotatable bonds is 0. The maximum atomic E-state index is 4.31. The van der Waals surface area contributed by atoms with E-state index < -0.39 is 0 Å². The van der Waals surface area contributed by atoms with Crippen molar-refractivity contribution >= 4 is 10.8 Å². The predicted octanol–water partition coefficient (Wildman–Crippen LogP) is 4.83. The number of hydrogen-bond donors (Lipinski definition) is 0. The zero-order valence-electron chi connectivity index (χ0n) is 12.3. The van der Waals surface area contributed by atoms with Crippen molar-refractivity contribution < 1.29 is 0 Å². The van der Waals surface area contributed by atoms with Crippen molar-refractivity contribution in [1.29, 1.82) is 0 Å². The van der Waals surface area contributed by atoms with Crippen LogP contribution >= 0.6 is 0 Å². The summed E-state index contributed by atoms with van der Waals surface area (Å²) < 4.78 is 0. The minimum absolute atomic E-state index is 0.130. The van der Waals surface area contributed by atoms with Gasteiger partial charge in [-0.1, -0.05) is 53.7 Å². The predicted molar refractivity (Wildman–Crippen MR) is 79.1 cm³/mol. The zero-order valence-corrected chi connectivity index (χ0v) is 12.3. The minimum Gasteiger partial charge on any atom is -0.264 e. The highest BCUT2D eigenvalue weighted by molar-refractivity contribution is 5.87. The molecule has 0 spiro atoms. The Morgan fingerprint density at radius 2 is 1.50 bits per heavy atom. The zero-order chi connectivity index (χ0) is 13.6. The van der Waals surface area contributed by atoms with Crippen LogP contribution in [0, 0.1) is 0 Å². The average Bonchev–Trinajstić information content (AvgIpc) is 2.24. The van der Waals surface area contributed by atoms with Gasteiger partial charge in [0.05, 0.1) is 0 Å². The number of fused-ring (bicyclic) bond motifs is 1. The molecule has 2 aromatic rings. The van der Waals surface area contributed by atoms with Crippen molar-refractivity contribution in [3.05, 3.63) is 41.7 Å². The van der Waals surface area contributed by atoms with Gasteiger partial charge in [0.2, 0.25) is 0 Å². The fourth-order valence-corrected chi connectivity index (χ4v) is 2.59. The summed E-state index contributed by atoms with van der Waals surface area (Å²) in [6.07, 6.45) is 3.87. The van der Waals surface area contributed by atoms with E-state index in [9.17, 15) is 0 Å². The lowest BCUT2D eigenvalue weighted by Crippen LogP contribution is -2.22. The fourth-order valence-electron chi connectivity index (χ4n) is 2.59. The summed E-state index contributed by atoms with van der Waals surface area (Å²) in [5.74, 6) is 0. The lowest BCUT2D eigenvalue weighted by Gasteiger charge is -2.31. The molecular weight excluding hydrogens is 218 g/mol. The van der Waals surface area contributed by atoms with Crippen LogP contribution in [0.3, 0.4) is 0 Å². The molecule has 0 radical (unpaired) electrons. The number of aromatic nitrogens is 1. The third-order valence-corrected chi connectivity index (χ3v) is 3.38. The summed E-state index contributed by atoms with van der Waals surface area (Å²) in [5.41, 5.74) is 3.15. The summed E-state index contributed by atoms with van der Waals surface area (Å²) in [6, 6.07) is 6.59. The van der Waals surface area contributed by atoms with Gasteiger partial charge in [0.15, 0.2) is 0 Å². The van der Waals surface area contributed by atoms with Crippen molar-refractivity contribution in [2.75, 3.05) is 0 Å². The molecule has 0 saturated carbocycles. The van der Waals surface area contributed by atoms with E-state index in [4.69, 9.17) is 0 Å². The van der Waals surface area contributed by atoms with E-state index >= 15 is 0 Å². The second-order valence-corrected chi connectivity index (χ2v) is 7.08. The molecular formula is C17H23N. The van der Waals surface area contributed by atoms with E-state index in [1.165, 1.54) is 21.9 Å². The molecule has 0 aliphatic rings. The van der Waals surface area contributed by atoms with Gasteiger partial charge in [0.1, 0.15) is 0 Å². The lowest BCUT2D eigenvalue weighted by molar-refractivity contribution is 0.534. The van der Waals surface area contributed by atoms with Gasteiger partial charge in [0.25, 0.3) is 0 Å². The maximum Gasteiger partial charge on any atom is 0.0349 e. The van der Waals surface area contributed by atoms with E-state index in [1.807, 2.05) is 12.4 Å². The van der Waals surface area contributed by atoms with Crippen molar-refractivity contribution in [1.82, 2.24) is 4.98 Å². The Morgan fingerprint density at radius 3 is 2.06 bits per heavy atom. The van der Waals surface area contributed by atoms with Crippen LogP contribution in [0.2, 0.25) is 0 Å². The third kappa shape index (κ3) is 2.27. The Balaban J connectivity index is 2.89. The Hall–Kier alpha value is -1.37. The number of pyridine rings is 1. The second-order valence-electron chi connectivity index (χ2n) is 7.08. The van der Waals surface area contributed by atoms with E-state index in [2.05, 4.69) is 64.7 Å². The van der Waals surface area contributed by atoms with Crippen LogP contribution in [0.15, 0.2) is 30.6 Å². The van der Waals surface area contributed by atoms with Crippen LogP contribution in [0.25, 0.3) is 10.8 Å². The topological polar surface area (TPSA) is 12.9 Å². The van der Waals surface area contributed by atoms with Crippen molar-refractivity contribution in [3.8, 4) is 0 Å². The first-order chi connectivity index (χ1) is 8.21. The largest absolute Gasteiger partial charge is 0.264 e. The molecule has 1 nitrogen and oxygen atoms in total. The molecule has 18 heavy (non-hydrogen) atoms. The molecule has 0 N–H and O–H groups in total. The summed E-state index contributed by atoms with van der Waals surface area (Å²) in [6.45, 7) is 13.7. The Bertz CT molecular complexity index is 568. The van der Waals surface area contributed by atoms with Gasteiger partial charge in [-0.3, -0.25) is 4.98 Å². The molecule has 2 rings (SSSR count). The van der Waals surface area contributed by atoms with E-state index in [-0.39, 0.29) is 10.8 Å². The highest BCUT2D eigenvalue weighted by Gasteiger charge is 2.26. The molecule has 0 atom stereocenters. The van der Waals surface area contributed by atoms with Crippen molar-refractivity contribution in [3.63, 3.8) is 0 Å².